The van der Waals surface area contributed by atoms with E-state index in [0.717, 1.165) is 0 Å². The minimum Gasteiger partial charge on any atom is -0.496 e. The Labute approximate surface area is 164 Å². The smallest absolute Gasteiger partial charge is 0.337 e. The molecule has 2 aromatic carbocycles. The third-order valence-corrected chi connectivity index (χ3v) is 4.16. The molecular weight excluding hydrogens is 360 g/mol. The third kappa shape index (κ3) is 5.09. The number of para-hydroxylation sites is 1. The van der Waals surface area contributed by atoms with Gasteiger partial charge in [0.25, 0.3) is 5.91 Å². The monoisotopic (exact) mass is 384 g/mol. The first-order valence-electron chi connectivity index (χ1n) is 8.80. The van der Waals surface area contributed by atoms with Crippen LogP contribution in [-0.4, -0.2) is 38.0 Å². The summed E-state index contributed by atoms with van der Waals surface area (Å²) in [6.07, 6.45) is 0. The van der Waals surface area contributed by atoms with Gasteiger partial charge in [-0.25, -0.2) is 4.79 Å². The molecule has 7 heteroatoms. The molecule has 0 aromatic heterocycles. The Morgan fingerprint density at radius 2 is 1.57 bits per heavy atom. The summed E-state index contributed by atoms with van der Waals surface area (Å²) in [5.74, 6) is -0.923. The quantitative estimate of drug-likeness (QED) is 0.716. The summed E-state index contributed by atoms with van der Waals surface area (Å²) in [4.78, 5) is 36.8. The van der Waals surface area contributed by atoms with Gasteiger partial charge in [-0.2, -0.15) is 0 Å². The Kier molecular flexibility index (Phi) is 7.14. The molecule has 0 aliphatic heterocycles. The second-order valence-corrected chi connectivity index (χ2v) is 6.45. The number of hydrogen-bond acceptors (Lipinski definition) is 5. The molecule has 0 fully saturated rings. The zero-order chi connectivity index (χ0) is 20.7. The number of benzene rings is 2. The van der Waals surface area contributed by atoms with Crippen LogP contribution in [0.1, 0.15) is 34.6 Å². The predicted molar refractivity (Wildman–Crippen MR) is 105 cm³/mol. The van der Waals surface area contributed by atoms with Crippen LogP contribution in [0.5, 0.6) is 5.75 Å². The van der Waals surface area contributed by atoms with Crippen molar-refractivity contribution in [3.05, 3.63) is 59.7 Å². The maximum atomic E-state index is 12.7. The molecule has 2 aromatic rings. The number of anilines is 1. The molecule has 2 amide bonds. The van der Waals surface area contributed by atoms with E-state index in [-0.39, 0.29) is 11.8 Å². The fourth-order valence-electron chi connectivity index (χ4n) is 2.61. The molecule has 28 heavy (non-hydrogen) atoms. The number of esters is 1. The van der Waals surface area contributed by atoms with Gasteiger partial charge in [0.05, 0.1) is 25.3 Å². The lowest BCUT2D eigenvalue weighted by atomic mass is 10.0. The van der Waals surface area contributed by atoms with Gasteiger partial charge in [-0.05, 0) is 42.3 Å². The summed E-state index contributed by atoms with van der Waals surface area (Å²) in [6, 6.07) is 12.4. The average Bonchev–Trinajstić information content (AvgIpc) is 2.71. The number of rotatable bonds is 7. The van der Waals surface area contributed by atoms with E-state index in [2.05, 4.69) is 15.4 Å². The van der Waals surface area contributed by atoms with Gasteiger partial charge >= 0.3 is 5.97 Å². The second-order valence-electron chi connectivity index (χ2n) is 6.45. The zero-order valence-electron chi connectivity index (χ0n) is 16.3. The van der Waals surface area contributed by atoms with Crippen molar-refractivity contribution < 1.29 is 23.9 Å². The molecule has 0 saturated carbocycles. The van der Waals surface area contributed by atoms with Crippen LogP contribution < -0.4 is 15.4 Å². The summed E-state index contributed by atoms with van der Waals surface area (Å²) in [5.41, 5.74) is 1.24. The maximum absolute atomic E-state index is 12.7. The summed E-state index contributed by atoms with van der Waals surface area (Å²) in [7, 11) is 2.78. The van der Waals surface area contributed by atoms with Crippen molar-refractivity contribution in [3.63, 3.8) is 0 Å². The molecule has 0 heterocycles. The highest BCUT2D eigenvalue weighted by molar-refractivity contribution is 6.02. The molecule has 0 saturated heterocycles. The second kappa shape index (κ2) is 9.55. The van der Waals surface area contributed by atoms with Gasteiger partial charge < -0.3 is 20.1 Å². The van der Waals surface area contributed by atoms with Gasteiger partial charge in [-0.15, -0.1) is 0 Å². The Morgan fingerprint density at radius 3 is 2.14 bits per heavy atom. The van der Waals surface area contributed by atoms with E-state index in [1.54, 1.807) is 48.5 Å². The summed E-state index contributed by atoms with van der Waals surface area (Å²) < 4.78 is 9.85. The zero-order valence-corrected chi connectivity index (χ0v) is 16.3. The fourth-order valence-corrected chi connectivity index (χ4v) is 2.61. The summed E-state index contributed by atoms with van der Waals surface area (Å²) in [6.45, 7) is 3.68. The van der Waals surface area contributed by atoms with Crippen molar-refractivity contribution in [1.29, 1.82) is 0 Å². The van der Waals surface area contributed by atoms with Crippen LogP contribution in [0.4, 0.5) is 5.69 Å². The van der Waals surface area contributed by atoms with Crippen LogP contribution in [0.15, 0.2) is 48.5 Å². The highest BCUT2D eigenvalue weighted by Gasteiger charge is 2.26. The third-order valence-electron chi connectivity index (χ3n) is 4.16. The van der Waals surface area contributed by atoms with Crippen molar-refractivity contribution in [1.82, 2.24) is 5.32 Å². The number of methoxy groups -OCH3 is 2. The highest BCUT2D eigenvalue weighted by Crippen LogP contribution is 2.18. The van der Waals surface area contributed by atoms with E-state index in [1.807, 2.05) is 13.8 Å². The van der Waals surface area contributed by atoms with Crippen molar-refractivity contribution in [2.45, 2.75) is 19.9 Å². The van der Waals surface area contributed by atoms with Crippen LogP contribution >= 0.6 is 0 Å². The van der Waals surface area contributed by atoms with Gasteiger partial charge in [-0.3, -0.25) is 9.59 Å². The van der Waals surface area contributed by atoms with Crippen molar-refractivity contribution in [2.24, 2.45) is 5.92 Å². The van der Waals surface area contributed by atoms with E-state index in [1.165, 1.54) is 14.2 Å². The van der Waals surface area contributed by atoms with E-state index in [9.17, 15) is 14.4 Å². The van der Waals surface area contributed by atoms with Gasteiger partial charge in [0.1, 0.15) is 11.8 Å². The number of carbonyl (C=O) groups excluding carboxylic acids is 3. The minimum absolute atomic E-state index is 0.145. The lowest BCUT2D eigenvalue weighted by Gasteiger charge is -2.22. The number of hydrogen-bond donors (Lipinski definition) is 2. The molecule has 0 bridgehead atoms. The molecule has 0 unspecified atom stereocenters. The SMILES string of the molecule is COC(=O)c1ccc(NC(=O)[C@@H](NC(=O)c2ccccc2OC)C(C)C)cc1. The normalized spacial score (nSPS) is 11.5. The summed E-state index contributed by atoms with van der Waals surface area (Å²) >= 11 is 0. The molecule has 1 atom stereocenters. The molecule has 7 nitrogen and oxygen atoms in total. The molecule has 0 spiro atoms. The number of nitrogens with one attached hydrogen (secondary N) is 2. The van der Waals surface area contributed by atoms with Crippen LogP contribution in [0.2, 0.25) is 0 Å². The summed E-state index contributed by atoms with van der Waals surface area (Å²) in [5, 5.41) is 5.52. The predicted octanol–water partition coefficient (Wildman–Crippen LogP) is 2.87. The van der Waals surface area contributed by atoms with Crippen molar-refractivity contribution in [2.75, 3.05) is 19.5 Å². The van der Waals surface area contributed by atoms with E-state index in [4.69, 9.17) is 4.74 Å². The number of amides is 2. The van der Waals surface area contributed by atoms with Crippen LogP contribution in [0, 0.1) is 5.92 Å². The Morgan fingerprint density at radius 1 is 0.929 bits per heavy atom. The Balaban J connectivity index is 2.11. The standard InChI is InChI=1S/C21H24N2O5/c1-13(2)18(23-19(24)16-7-5-6-8-17(16)27-3)20(25)22-15-11-9-14(10-12-15)21(26)28-4/h5-13,18H,1-4H3,(H,22,25)(H,23,24)/t18-/m0/s1. The first-order valence-corrected chi connectivity index (χ1v) is 8.80. The molecule has 148 valence electrons. The number of ether oxygens (including phenoxy) is 2. The van der Waals surface area contributed by atoms with E-state index >= 15 is 0 Å². The Hall–Kier alpha value is -3.35. The van der Waals surface area contributed by atoms with Gasteiger partial charge in [0.15, 0.2) is 0 Å². The van der Waals surface area contributed by atoms with Crippen LogP contribution in [-0.2, 0) is 9.53 Å². The van der Waals surface area contributed by atoms with E-state index in [0.29, 0.717) is 22.6 Å². The fraction of sp³-hybridized carbons (Fsp3) is 0.286. The lowest BCUT2D eigenvalue weighted by Crippen LogP contribution is -2.47. The van der Waals surface area contributed by atoms with Crippen LogP contribution in [0.3, 0.4) is 0 Å². The topological polar surface area (TPSA) is 93.7 Å². The molecular formula is C21H24N2O5. The molecule has 2 N–H and O–H groups in total. The van der Waals surface area contributed by atoms with Gasteiger partial charge in [0.2, 0.25) is 5.91 Å². The van der Waals surface area contributed by atoms with Crippen LogP contribution in [0.25, 0.3) is 0 Å². The maximum Gasteiger partial charge on any atom is 0.337 e. The van der Waals surface area contributed by atoms with Crippen molar-refractivity contribution in [3.8, 4) is 5.75 Å². The minimum atomic E-state index is -0.752. The first kappa shape index (κ1) is 21.0. The van der Waals surface area contributed by atoms with Gasteiger partial charge in [0, 0.05) is 5.69 Å². The first-order chi connectivity index (χ1) is 13.4. The van der Waals surface area contributed by atoms with Crippen molar-refractivity contribution >= 4 is 23.5 Å². The number of carbonyl (C=O) groups is 3. The molecule has 0 aliphatic carbocycles. The molecule has 2 rings (SSSR count). The average molecular weight is 384 g/mol. The van der Waals surface area contributed by atoms with Gasteiger partial charge in [-0.1, -0.05) is 26.0 Å². The van der Waals surface area contributed by atoms with E-state index < -0.39 is 17.9 Å². The molecule has 0 radical (unpaired) electrons. The Bertz CT molecular complexity index is 846. The molecule has 0 aliphatic rings. The largest absolute Gasteiger partial charge is 0.496 e. The highest BCUT2D eigenvalue weighted by atomic mass is 16.5. The lowest BCUT2D eigenvalue weighted by molar-refractivity contribution is -0.118.